The van der Waals surface area contributed by atoms with E-state index in [4.69, 9.17) is 37.6 Å². The Balaban J connectivity index is 1.19. The van der Waals surface area contributed by atoms with Crippen molar-refractivity contribution in [3.8, 4) is 40.1 Å². The standard InChI is InChI=1S/C43H48O23/c1-59-22-10-16(2-8-19(22)46)3-9-28(48)60-15-27-33(51)37(55)40(58)43(66-27)64-24-12-23-29(34(52)30(24)41-38(56)35(53)31(49)25(13-44)63-41)20(47)11-21(62-23)17-4-6-18(7-5-17)61-42-39(57)36(54)32(50)26(14-45)65-42/h2-12,25-27,31-33,35-46,49-58H,13-15H2,1H3/b9-3+/t25-,26-,27-,31-,32-,33-,35+,36+,37+,38-,39-,40-,41+,42-,43-/m1/s1. The van der Waals surface area contributed by atoms with Crippen molar-refractivity contribution >= 4 is 23.0 Å². The quantitative estimate of drug-likeness (QED) is 0.0470. The highest BCUT2D eigenvalue weighted by atomic mass is 16.7. The summed E-state index contributed by atoms with van der Waals surface area (Å²) in [5, 5.41) is 136. The summed E-state index contributed by atoms with van der Waals surface area (Å²) in [7, 11) is 1.34. The van der Waals surface area contributed by atoms with Crippen LogP contribution in [0.4, 0.5) is 0 Å². The van der Waals surface area contributed by atoms with Crippen LogP contribution in [0.5, 0.6) is 28.7 Å². The molecule has 3 aliphatic heterocycles. The minimum absolute atomic E-state index is 0.0710. The zero-order valence-corrected chi connectivity index (χ0v) is 34.5. The van der Waals surface area contributed by atoms with Crippen LogP contribution in [0.1, 0.15) is 17.2 Å². The van der Waals surface area contributed by atoms with Gasteiger partial charge in [-0.25, -0.2) is 4.79 Å². The Bertz CT molecular complexity index is 2420. The number of fused-ring (bicyclic) bond motifs is 1. The zero-order chi connectivity index (χ0) is 47.7. The lowest BCUT2D eigenvalue weighted by molar-refractivity contribution is -0.279. The Morgan fingerprint density at radius 1 is 0.667 bits per heavy atom. The smallest absolute Gasteiger partial charge is 0.330 e. The van der Waals surface area contributed by atoms with Crippen molar-refractivity contribution in [3.05, 3.63) is 82.0 Å². The number of carbonyl (C=O) groups excluding carboxylic acids is 1. The van der Waals surface area contributed by atoms with Crippen LogP contribution in [0.25, 0.3) is 28.4 Å². The summed E-state index contributed by atoms with van der Waals surface area (Å²) in [5.74, 6) is -2.53. The first-order valence-corrected chi connectivity index (χ1v) is 20.3. The van der Waals surface area contributed by atoms with Crippen LogP contribution < -0.4 is 19.6 Å². The second-order valence-electron chi connectivity index (χ2n) is 15.6. The SMILES string of the molecule is COc1cc(/C=C/C(=O)OC[C@H]2O[C@@H](Oc3cc4oc(-c5ccc(O[C@@H]6O[C@H](CO)[C@@H](O)[C@H](O)[C@H]6O)cc5)cc(=O)c4c(O)c3[C@@H]3O[C@H](CO)[C@@H](O)[C@H](O)[C@H]3O)[C@H](O)[C@@H](O)[C@@H]2O)ccc1O. The number of esters is 1. The molecular weight excluding hydrogens is 884 g/mol. The van der Waals surface area contributed by atoms with E-state index in [1.54, 1.807) is 0 Å². The fourth-order valence-corrected chi connectivity index (χ4v) is 7.60. The van der Waals surface area contributed by atoms with Crippen molar-refractivity contribution in [1.29, 1.82) is 0 Å². The second-order valence-corrected chi connectivity index (χ2v) is 15.6. The number of rotatable bonds is 13. The van der Waals surface area contributed by atoms with Crippen LogP contribution in [0.2, 0.25) is 0 Å². The Morgan fingerprint density at radius 3 is 1.89 bits per heavy atom. The summed E-state index contributed by atoms with van der Waals surface area (Å²) in [6.07, 6.45) is -24.2. The van der Waals surface area contributed by atoms with Gasteiger partial charge in [-0.05, 0) is 48.0 Å². The van der Waals surface area contributed by atoms with Crippen molar-refractivity contribution in [3.63, 3.8) is 0 Å². The fraction of sp³-hybridized carbons (Fsp3) is 0.442. The van der Waals surface area contributed by atoms with Gasteiger partial charge in [0.15, 0.2) is 16.9 Å². The molecule has 3 aliphatic rings. The molecule has 0 bridgehead atoms. The third-order valence-electron chi connectivity index (χ3n) is 11.3. The summed E-state index contributed by atoms with van der Waals surface area (Å²) in [5.41, 5.74) is -1.18. The molecule has 3 saturated heterocycles. The van der Waals surface area contributed by atoms with Crippen molar-refractivity contribution in [2.24, 2.45) is 0 Å². The normalized spacial score (nSPS) is 32.6. The maximum absolute atomic E-state index is 13.8. The number of aliphatic hydroxyl groups is 11. The van der Waals surface area contributed by atoms with E-state index in [0.29, 0.717) is 5.56 Å². The van der Waals surface area contributed by atoms with Gasteiger partial charge in [-0.2, -0.15) is 0 Å². The number of hydrogen-bond acceptors (Lipinski definition) is 23. The Labute approximate surface area is 372 Å². The average molecular weight is 933 g/mol. The highest BCUT2D eigenvalue weighted by molar-refractivity contribution is 5.89. The number of aromatic hydroxyl groups is 2. The zero-order valence-electron chi connectivity index (χ0n) is 34.5. The lowest BCUT2D eigenvalue weighted by atomic mass is 9.89. The molecule has 3 aromatic carbocycles. The van der Waals surface area contributed by atoms with Crippen LogP contribution >= 0.6 is 0 Å². The second kappa shape index (κ2) is 20.2. The van der Waals surface area contributed by atoms with Gasteiger partial charge in [-0.1, -0.05) is 6.07 Å². The first kappa shape index (κ1) is 48.5. The molecule has 15 atom stereocenters. The number of phenolic OH excluding ortho intramolecular Hbond substituents is 2. The molecule has 0 aliphatic carbocycles. The summed E-state index contributed by atoms with van der Waals surface area (Å²) < 4.78 is 44.7. The molecule has 7 rings (SSSR count). The van der Waals surface area contributed by atoms with Gasteiger partial charge in [0.05, 0.1) is 25.9 Å². The van der Waals surface area contributed by atoms with Crippen molar-refractivity contribution in [1.82, 2.24) is 0 Å². The van der Waals surface area contributed by atoms with Gasteiger partial charge < -0.3 is 104 Å². The Morgan fingerprint density at radius 2 is 1.26 bits per heavy atom. The van der Waals surface area contributed by atoms with Crippen LogP contribution in [0.15, 0.2) is 69.9 Å². The molecular formula is C43H48O23. The molecule has 3 fully saturated rings. The Kier molecular flexibility index (Phi) is 14.8. The third-order valence-corrected chi connectivity index (χ3v) is 11.3. The number of hydrogen-bond donors (Lipinski definition) is 13. The number of methoxy groups -OCH3 is 1. The molecule has 4 heterocycles. The first-order valence-electron chi connectivity index (χ1n) is 20.3. The first-order chi connectivity index (χ1) is 31.4. The van der Waals surface area contributed by atoms with Crippen LogP contribution in [0.3, 0.4) is 0 Å². The molecule has 23 nitrogen and oxygen atoms in total. The number of ether oxygens (including phenoxy) is 7. The lowest BCUT2D eigenvalue weighted by Crippen LogP contribution is -2.60. The summed E-state index contributed by atoms with van der Waals surface area (Å²) in [6.45, 7) is -2.30. The van der Waals surface area contributed by atoms with E-state index >= 15 is 0 Å². The van der Waals surface area contributed by atoms with Crippen molar-refractivity contribution < 1.29 is 109 Å². The molecule has 66 heavy (non-hydrogen) atoms. The average Bonchev–Trinajstić information content (AvgIpc) is 3.30. The molecule has 0 radical (unpaired) electrons. The lowest BCUT2D eigenvalue weighted by Gasteiger charge is -2.42. The number of benzene rings is 3. The summed E-state index contributed by atoms with van der Waals surface area (Å²) in [6, 6.07) is 11.8. The highest BCUT2D eigenvalue weighted by Gasteiger charge is 2.49. The predicted molar refractivity (Wildman–Crippen MR) is 219 cm³/mol. The van der Waals surface area contributed by atoms with E-state index in [0.717, 1.165) is 18.2 Å². The maximum atomic E-state index is 13.8. The number of phenols is 2. The summed E-state index contributed by atoms with van der Waals surface area (Å²) >= 11 is 0. The Hall–Kier alpha value is -5.48. The molecule has 0 spiro atoms. The van der Waals surface area contributed by atoms with Gasteiger partial charge in [-0.15, -0.1) is 0 Å². The van der Waals surface area contributed by atoms with E-state index in [1.807, 2.05) is 0 Å². The number of carbonyl (C=O) groups is 1. The fourth-order valence-electron chi connectivity index (χ4n) is 7.60. The van der Waals surface area contributed by atoms with Gasteiger partial charge in [0.25, 0.3) is 0 Å². The third kappa shape index (κ3) is 9.67. The molecule has 13 N–H and O–H groups in total. The molecule has 0 unspecified atom stereocenters. The van der Waals surface area contributed by atoms with Crippen molar-refractivity contribution in [2.75, 3.05) is 26.9 Å². The largest absolute Gasteiger partial charge is 0.506 e. The minimum Gasteiger partial charge on any atom is -0.506 e. The number of aliphatic hydroxyl groups excluding tert-OH is 11. The van der Waals surface area contributed by atoms with Gasteiger partial charge >= 0.3 is 5.97 Å². The molecule has 358 valence electrons. The molecule has 23 heteroatoms. The van der Waals surface area contributed by atoms with Crippen molar-refractivity contribution in [2.45, 2.75) is 91.9 Å². The van der Waals surface area contributed by atoms with Gasteiger partial charge in [0.2, 0.25) is 12.6 Å². The van der Waals surface area contributed by atoms with E-state index in [2.05, 4.69) is 0 Å². The van der Waals surface area contributed by atoms with Gasteiger partial charge in [0.1, 0.15) is 120 Å². The highest BCUT2D eigenvalue weighted by Crippen LogP contribution is 2.46. The van der Waals surface area contributed by atoms with E-state index in [1.165, 1.54) is 55.7 Å². The molecule has 0 saturated carbocycles. The predicted octanol–water partition coefficient (Wildman–Crippen LogP) is -2.98. The monoisotopic (exact) mass is 932 g/mol. The molecule has 4 aromatic rings. The topological polar surface area (TPSA) is 375 Å². The molecule has 0 amide bonds. The van der Waals surface area contributed by atoms with Crippen LogP contribution in [0, 0.1) is 0 Å². The minimum atomic E-state index is -2.07. The summed E-state index contributed by atoms with van der Waals surface area (Å²) in [4.78, 5) is 26.4. The molecule has 1 aromatic heterocycles. The van der Waals surface area contributed by atoms with Gasteiger partial charge in [-0.3, -0.25) is 4.79 Å². The van der Waals surface area contributed by atoms with Crippen LogP contribution in [-0.2, 0) is 23.7 Å². The maximum Gasteiger partial charge on any atom is 0.330 e. The van der Waals surface area contributed by atoms with Crippen LogP contribution in [-0.4, -0.2) is 185 Å². The van der Waals surface area contributed by atoms with E-state index < -0.39 is 151 Å². The van der Waals surface area contributed by atoms with E-state index in [-0.39, 0.29) is 28.6 Å². The van der Waals surface area contributed by atoms with E-state index in [9.17, 15) is 76.0 Å². The van der Waals surface area contributed by atoms with Gasteiger partial charge in [0, 0.05) is 23.8 Å².